The van der Waals surface area contributed by atoms with Gasteiger partial charge in [0, 0.05) is 25.7 Å². The maximum Gasteiger partial charge on any atom is 0.234 e. The second-order valence-electron chi connectivity index (χ2n) is 3.59. The first kappa shape index (κ1) is 8.01. The summed E-state index contributed by atoms with van der Waals surface area (Å²) in [6.45, 7) is 2.97. The average Bonchev–Trinajstić information content (AvgIpc) is 2.47. The predicted molar refractivity (Wildman–Crippen MR) is 45.6 cm³/mol. The van der Waals surface area contributed by atoms with Crippen molar-refractivity contribution in [1.82, 2.24) is 10.2 Å². The van der Waals surface area contributed by atoms with Crippen LogP contribution in [0.25, 0.3) is 0 Å². The van der Waals surface area contributed by atoms with Crippen LogP contribution in [0.3, 0.4) is 0 Å². The molecule has 2 aliphatic rings. The van der Waals surface area contributed by atoms with E-state index in [9.17, 15) is 4.79 Å². The number of hydrogen-bond donors (Lipinski definition) is 2. The van der Waals surface area contributed by atoms with Crippen LogP contribution in [-0.4, -0.2) is 42.5 Å². The highest BCUT2D eigenvalue weighted by Gasteiger charge is 2.37. The lowest BCUT2D eigenvalue weighted by Crippen LogP contribution is -2.53. The zero-order valence-corrected chi connectivity index (χ0v) is 7.12. The summed E-state index contributed by atoms with van der Waals surface area (Å²) in [4.78, 5) is 13.3. The third-order valence-electron chi connectivity index (χ3n) is 2.90. The molecule has 0 aliphatic carbocycles. The number of rotatable bonds is 1. The van der Waals surface area contributed by atoms with Crippen LogP contribution < -0.4 is 11.1 Å². The van der Waals surface area contributed by atoms with E-state index < -0.39 is 0 Å². The Kier molecular flexibility index (Phi) is 2.02. The Morgan fingerprint density at radius 3 is 3.08 bits per heavy atom. The molecule has 0 aromatic heterocycles. The Balaban J connectivity index is 2.05. The largest absolute Gasteiger partial charge is 0.368 e. The van der Waals surface area contributed by atoms with E-state index in [0.717, 1.165) is 32.5 Å². The standard InChI is InChI=1S/C8H15N3O/c9-8(12)7-2-1-6-5-10-3-4-11(6)7/h6-7,10H,1-5H2,(H2,9,12). The van der Waals surface area contributed by atoms with Crippen LogP contribution in [-0.2, 0) is 4.79 Å². The fourth-order valence-electron chi connectivity index (χ4n) is 2.28. The number of piperazine rings is 1. The molecule has 0 aromatic carbocycles. The van der Waals surface area contributed by atoms with Crippen molar-refractivity contribution in [3.8, 4) is 0 Å². The SMILES string of the molecule is NC(=O)C1CCC2CNCCN21. The minimum atomic E-state index is -0.153. The molecule has 2 rings (SSSR count). The first-order valence-electron chi connectivity index (χ1n) is 4.55. The third-order valence-corrected chi connectivity index (χ3v) is 2.90. The maximum atomic E-state index is 11.0. The zero-order valence-electron chi connectivity index (χ0n) is 7.12. The molecule has 0 radical (unpaired) electrons. The fourth-order valence-corrected chi connectivity index (χ4v) is 2.28. The molecule has 0 saturated carbocycles. The van der Waals surface area contributed by atoms with Gasteiger partial charge in [0.2, 0.25) is 5.91 Å². The molecule has 2 heterocycles. The number of amides is 1. The highest BCUT2D eigenvalue weighted by Crippen LogP contribution is 2.24. The van der Waals surface area contributed by atoms with Crippen molar-refractivity contribution in [1.29, 1.82) is 0 Å². The molecule has 2 aliphatic heterocycles. The van der Waals surface area contributed by atoms with E-state index in [2.05, 4.69) is 10.2 Å². The lowest BCUT2D eigenvalue weighted by atomic mass is 10.2. The van der Waals surface area contributed by atoms with Crippen molar-refractivity contribution in [3.63, 3.8) is 0 Å². The second kappa shape index (κ2) is 3.03. The lowest BCUT2D eigenvalue weighted by molar-refractivity contribution is -0.122. The molecule has 2 saturated heterocycles. The molecule has 12 heavy (non-hydrogen) atoms. The first-order valence-corrected chi connectivity index (χ1v) is 4.55. The van der Waals surface area contributed by atoms with Gasteiger partial charge in [0.05, 0.1) is 6.04 Å². The number of nitrogens with zero attached hydrogens (tertiary/aromatic N) is 1. The van der Waals surface area contributed by atoms with E-state index in [4.69, 9.17) is 5.73 Å². The van der Waals surface area contributed by atoms with E-state index in [1.807, 2.05) is 0 Å². The fraction of sp³-hybridized carbons (Fsp3) is 0.875. The summed E-state index contributed by atoms with van der Waals surface area (Å²) in [5.74, 6) is -0.153. The van der Waals surface area contributed by atoms with E-state index in [0.29, 0.717) is 6.04 Å². The number of primary amides is 1. The van der Waals surface area contributed by atoms with Gasteiger partial charge in [-0.15, -0.1) is 0 Å². The Hall–Kier alpha value is -0.610. The molecule has 2 fully saturated rings. The van der Waals surface area contributed by atoms with Gasteiger partial charge in [0.1, 0.15) is 0 Å². The van der Waals surface area contributed by atoms with Gasteiger partial charge in [-0.25, -0.2) is 0 Å². The van der Waals surface area contributed by atoms with Crippen LogP contribution in [0.5, 0.6) is 0 Å². The minimum absolute atomic E-state index is 0.0112. The van der Waals surface area contributed by atoms with Gasteiger partial charge < -0.3 is 11.1 Å². The van der Waals surface area contributed by atoms with Crippen molar-refractivity contribution >= 4 is 5.91 Å². The summed E-state index contributed by atoms with van der Waals surface area (Å²) in [5.41, 5.74) is 5.30. The minimum Gasteiger partial charge on any atom is -0.368 e. The number of nitrogens with two attached hydrogens (primary N) is 1. The van der Waals surface area contributed by atoms with Gasteiger partial charge in [0.15, 0.2) is 0 Å². The van der Waals surface area contributed by atoms with Gasteiger partial charge in [-0.3, -0.25) is 9.69 Å². The molecule has 4 nitrogen and oxygen atoms in total. The number of hydrogen-bond acceptors (Lipinski definition) is 3. The number of carbonyl (C=O) groups excluding carboxylic acids is 1. The monoisotopic (exact) mass is 169 g/mol. The smallest absolute Gasteiger partial charge is 0.234 e. The first-order chi connectivity index (χ1) is 5.79. The molecule has 0 aromatic rings. The van der Waals surface area contributed by atoms with Gasteiger partial charge in [-0.1, -0.05) is 0 Å². The lowest BCUT2D eigenvalue weighted by Gasteiger charge is -2.33. The molecule has 2 atom stereocenters. The van der Waals surface area contributed by atoms with E-state index in [1.54, 1.807) is 0 Å². The summed E-state index contributed by atoms with van der Waals surface area (Å²) in [7, 11) is 0. The van der Waals surface area contributed by atoms with E-state index in [1.165, 1.54) is 0 Å². The molecular formula is C8H15N3O. The Morgan fingerprint density at radius 2 is 2.33 bits per heavy atom. The predicted octanol–water partition coefficient (Wildman–Crippen LogP) is -1.09. The van der Waals surface area contributed by atoms with Crippen molar-refractivity contribution in [3.05, 3.63) is 0 Å². The normalized spacial score (nSPS) is 36.3. The molecule has 68 valence electrons. The molecule has 3 N–H and O–H groups in total. The van der Waals surface area contributed by atoms with Crippen LogP contribution in [0, 0.1) is 0 Å². The van der Waals surface area contributed by atoms with Crippen molar-refractivity contribution in [2.45, 2.75) is 24.9 Å². The third kappa shape index (κ3) is 1.21. The second-order valence-corrected chi connectivity index (χ2v) is 3.59. The van der Waals surface area contributed by atoms with Crippen LogP contribution in [0.2, 0.25) is 0 Å². The quantitative estimate of drug-likeness (QED) is 0.524. The van der Waals surface area contributed by atoms with Crippen LogP contribution in [0.4, 0.5) is 0 Å². The average molecular weight is 169 g/mol. The van der Waals surface area contributed by atoms with Crippen LogP contribution in [0.1, 0.15) is 12.8 Å². The van der Waals surface area contributed by atoms with Gasteiger partial charge in [0.25, 0.3) is 0 Å². The number of nitrogens with one attached hydrogen (secondary N) is 1. The van der Waals surface area contributed by atoms with Crippen LogP contribution in [0.15, 0.2) is 0 Å². The molecular weight excluding hydrogens is 154 g/mol. The topological polar surface area (TPSA) is 58.4 Å². The van der Waals surface area contributed by atoms with Crippen molar-refractivity contribution in [2.75, 3.05) is 19.6 Å². The highest BCUT2D eigenvalue weighted by molar-refractivity contribution is 5.80. The van der Waals surface area contributed by atoms with E-state index >= 15 is 0 Å². The molecule has 0 spiro atoms. The maximum absolute atomic E-state index is 11.0. The summed E-state index contributed by atoms with van der Waals surface area (Å²) in [6, 6.07) is 0.563. The van der Waals surface area contributed by atoms with E-state index in [-0.39, 0.29) is 11.9 Å². The van der Waals surface area contributed by atoms with Gasteiger partial charge >= 0.3 is 0 Å². The molecule has 4 heteroatoms. The zero-order chi connectivity index (χ0) is 8.55. The van der Waals surface area contributed by atoms with Crippen LogP contribution >= 0.6 is 0 Å². The van der Waals surface area contributed by atoms with Gasteiger partial charge in [-0.2, -0.15) is 0 Å². The van der Waals surface area contributed by atoms with Crippen molar-refractivity contribution < 1.29 is 4.79 Å². The molecule has 1 amide bonds. The number of carbonyl (C=O) groups is 1. The Morgan fingerprint density at radius 1 is 1.50 bits per heavy atom. The molecule has 2 unspecified atom stereocenters. The summed E-state index contributed by atoms with van der Waals surface area (Å²) >= 11 is 0. The van der Waals surface area contributed by atoms with Gasteiger partial charge in [-0.05, 0) is 12.8 Å². The Bertz CT molecular complexity index is 195. The molecule has 0 bridgehead atoms. The Labute approximate surface area is 72.1 Å². The van der Waals surface area contributed by atoms with Crippen molar-refractivity contribution in [2.24, 2.45) is 5.73 Å². The summed E-state index contributed by atoms with van der Waals surface area (Å²) in [5, 5.41) is 3.32. The summed E-state index contributed by atoms with van der Waals surface area (Å²) < 4.78 is 0. The highest BCUT2D eigenvalue weighted by atomic mass is 16.1. The summed E-state index contributed by atoms with van der Waals surface area (Å²) in [6.07, 6.45) is 2.06. The number of fused-ring (bicyclic) bond motifs is 1.